The molecule has 1 heterocycles. The average molecular weight is 329 g/mol. The van der Waals surface area contributed by atoms with Crippen molar-refractivity contribution < 1.29 is 19.2 Å². The third-order valence-electron chi connectivity index (χ3n) is 2.39. The van der Waals surface area contributed by atoms with Crippen molar-refractivity contribution in [2.24, 2.45) is 0 Å². The summed E-state index contributed by atoms with van der Waals surface area (Å²) in [5.41, 5.74) is -0.479. The maximum absolute atomic E-state index is 13.3. The highest BCUT2D eigenvalue weighted by Crippen LogP contribution is 2.37. The van der Waals surface area contributed by atoms with Gasteiger partial charge in [0.1, 0.15) is 10.8 Å². The molecule has 0 unspecified atom stereocenters. The summed E-state index contributed by atoms with van der Waals surface area (Å²) < 4.78 is 13.3. The summed E-state index contributed by atoms with van der Waals surface area (Å²) >= 11 is 6.44. The molecule has 1 aromatic heterocycles. The van der Waals surface area contributed by atoms with Crippen molar-refractivity contribution in [3.63, 3.8) is 0 Å². The summed E-state index contributed by atoms with van der Waals surface area (Å²) in [4.78, 5) is 25.0. The fourth-order valence-corrected chi connectivity index (χ4v) is 2.62. The topological polar surface area (TPSA) is 93.3 Å². The molecular weight excluding hydrogens is 323 g/mol. The van der Waals surface area contributed by atoms with Crippen LogP contribution in [0.3, 0.4) is 0 Å². The molecule has 0 saturated carbocycles. The number of nitrogens with zero attached hydrogens (tertiary/aromatic N) is 2. The van der Waals surface area contributed by atoms with Gasteiger partial charge in [0, 0.05) is 6.20 Å². The van der Waals surface area contributed by atoms with Gasteiger partial charge in [-0.05, 0) is 18.2 Å². The number of halogens is 2. The molecule has 2 rings (SSSR count). The molecule has 0 spiro atoms. The molecule has 9 heteroatoms. The van der Waals surface area contributed by atoms with Crippen LogP contribution >= 0.6 is 23.4 Å². The van der Waals surface area contributed by atoms with E-state index in [0.717, 1.165) is 17.8 Å². The lowest BCUT2D eigenvalue weighted by Crippen LogP contribution is -1.97. The van der Waals surface area contributed by atoms with E-state index in [4.69, 9.17) is 16.7 Å². The smallest absolute Gasteiger partial charge is 0.335 e. The first-order valence-corrected chi connectivity index (χ1v) is 6.58. The van der Waals surface area contributed by atoms with Gasteiger partial charge in [0.15, 0.2) is 0 Å². The van der Waals surface area contributed by atoms with Gasteiger partial charge in [0.05, 0.1) is 26.5 Å². The summed E-state index contributed by atoms with van der Waals surface area (Å²) in [5, 5.41) is 19.8. The first kappa shape index (κ1) is 15.2. The lowest BCUT2D eigenvalue weighted by atomic mass is 10.3. The van der Waals surface area contributed by atoms with Crippen LogP contribution in [0.25, 0.3) is 0 Å². The highest BCUT2D eigenvalue weighted by molar-refractivity contribution is 7.99. The minimum Gasteiger partial charge on any atom is -0.478 e. The Kier molecular flexibility index (Phi) is 4.39. The van der Waals surface area contributed by atoms with Gasteiger partial charge in [-0.25, -0.2) is 14.2 Å². The Bertz CT molecular complexity index is 741. The first-order valence-electron chi connectivity index (χ1n) is 5.39. The standard InChI is InChI=1S/C12H6ClFN2O4S/c13-7-4-10(9(16(19)20)5-8(7)14)21-11-3-6(12(17)18)1-2-15-11/h1-5H,(H,17,18). The van der Waals surface area contributed by atoms with Gasteiger partial charge in [-0.2, -0.15) is 0 Å². The van der Waals surface area contributed by atoms with E-state index in [1.54, 1.807) is 0 Å². The van der Waals surface area contributed by atoms with Crippen LogP contribution in [0, 0.1) is 15.9 Å². The fourth-order valence-electron chi connectivity index (χ4n) is 1.45. The first-order chi connectivity index (χ1) is 9.88. The molecule has 0 saturated heterocycles. The molecule has 2 aromatic rings. The monoisotopic (exact) mass is 328 g/mol. The maximum Gasteiger partial charge on any atom is 0.335 e. The van der Waals surface area contributed by atoms with E-state index in [1.807, 2.05) is 0 Å². The lowest BCUT2D eigenvalue weighted by molar-refractivity contribution is -0.387. The van der Waals surface area contributed by atoms with Crippen LogP contribution in [0.15, 0.2) is 40.4 Å². The minimum atomic E-state index is -1.15. The molecular formula is C12H6ClFN2O4S. The average Bonchev–Trinajstić information content (AvgIpc) is 2.42. The van der Waals surface area contributed by atoms with Crippen molar-refractivity contribution >= 4 is 35.0 Å². The molecule has 0 aliphatic heterocycles. The van der Waals surface area contributed by atoms with Gasteiger partial charge in [-0.15, -0.1) is 0 Å². The molecule has 0 atom stereocenters. The van der Waals surface area contributed by atoms with E-state index in [1.165, 1.54) is 18.3 Å². The summed E-state index contributed by atoms with van der Waals surface area (Å²) in [6.45, 7) is 0. The Morgan fingerprint density at radius 2 is 2.14 bits per heavy atom. The molecule has 1 N–H and O–H groups in total. The number of hydrogen-bond donors (Lipinski definition) is 1. The molecule has 21 heavy (non-hydrogen) atoms. The van der Waals surface area contributed by atoms with Crippen molar-refractivity contribution in [1.82, 2.24) is 4.98 Å². The van der Waals surface area contributed by atoms with Crippen molar-refractivity contribution in [1.29, 1.82) is 0 Å². The Morgan fingerprint density at radius 1 is 1.43 bits per heavy atom. The molecule has 0 bridgehead atoms. The Morgan fingerprint density at radius 3 is 2.76 bits per heavy atom. The molecule has 0 fully saturated rings. The number of aromatic carboxylic acids is 1. The number of nitro benzene ring substituents is 1. The number of carbonyl (C=O) groups is 1. The van der Waals surface area contributed by atoms with Gasteiger partial charge in [0.2, 0.25) is 0 Å². The third kappa shape index (κ3) is 3.47. The summed E-state index contributed by atoms with van der Waals surface area (Å²) in [7, 11) is 0. The Labute approximate surface area is 126 Å². The highest BCUT2D eigenvalue weighted by Gasteiger charge is 2.19. The summed E-state index contributed by atoms with van der Waals surface area (Å²) in [6.07, 6.45) is 1.27. The SMILES string of the molecule is O=C(O)c1ccnc(Sc2cc(Cl)c(F)cc2[N+](=O)[O-])c1. The van der Waals surface area contributed by atoms with Crippen molar-refractivity contribution in [2.45, 2.75) is 9.92 Å². The van der Waals surface area contributed by atoms with Crippen LogP contribution < -0.4 is 0 Å². The van der Waals surface area contributed by atoms with E-state index < -0.39 is 22.4 Å². The number of rotatable bonds is 4. The van der Waals surface area contributed by atoms with E-state index in [9.17, 15) is 19.3 Å². The molecule has 6 nitrogen and oxygen atoms in total. The van der Waals surface area contributed by atoms with Crippen molar-refractivity contribution in [3.8, 4) is 0 Å². The quantitative estimate of drug-likeness (QED) is 0.680. The zero-order chi connectivity index (χ0) is 15.6. The Balaban J connectivity index is 2.43. The second-order valence-corrected chi connectivity index (χ2v) is 5.25. The highest BCUT2D eigenvalue weighted by atomic mass is 35.5. The molecule has 0 aliphatic carbocycles. The molecule has 0 aliphatic rings. The number of hydrogen-bond acceptors (Lipinski definition) is 5. The predicted molar refractivity (Wildman–Crippen MR) is 73.4 cm³/mol. The van der Waals surface area contributed by atoms with Crippen LogP contribution in [0.1, 0.15) is 10.4 Å². The molecule has 0 radical (unpaired) electrons. The normalized spacial score (nSPS) is 10.4. The van der Waals surface area contributed by atoms with Gasteiger partial charge < -0.3 is 5.11 Å². The van der Waals surface area contributed by atoms with E-state index in [2.05, 4.69) is 4.98 Å². The number of nitro groups is 1. The largest absolute Gasteiger partial charge is 0.478 e. The van der Waals surface area contributed by atoms with Gasteiger partial charge in [-0.1, -0.05) is 23.4 Å². The fraction of sp³-hybridized carbons (Fsp3) is 0. The number of carboxylic acids is 1. The van der Waals surface area contributed by atoms with Crippen molar-refractivity contribution in [2.75, 3.05) is 0 Å². The third-order valence-corrected chi connectivity index (χ3v) is 3.66. The molecule has 1 aromatic carbocycles. The number of carboxylic acid groups (broad SMARTS) is 1. The van der Waals surface area contributed by atoms with E-state index in [0.29, 0.717) is 6.07 Å². The summed E-state index contributed by atoms with van der Waals surface area (Å²) in [5.74, 6) is -2.05. The lowest BCUT2D eigenvalue weighted by Gasteiger charge is -2.04. The molecule has 108 valence electrons. The van der Waals surface area contributed by atoms with Crippen LogP contribution in [0.5, 0.6) is 0 Å². The van der Waals surface area contributed by atoms with E-state index in [-0.39, 0.29) is 20.5 Å². The predicted octanol–water partition coefficient (Wildman–Crippen LogP) is 3.63. The number of pyridine rings is 1. The number of aromatic nitrogens is 1. The summed E-state index contributed by atoms with van der Waals surface area (Å²) in [6, 6.07) is 4.37. The van der Waals surface area contributed by atoms with Crippen LogP contribution in [-0.4, -0.2) is 21.0 Å². The van der Waals surface area contributed by atoms with Gasteiger partial charge in [-0.3, -0.25) is 10.1 Å². The Hall–Kier alpha value is -2.19. The molecule has 0 amide bonds. The van der Waals surface area contributed by atoms with E-state index >= 15 is 0 Å². The zero-order valence-electron chi connectivity index (χ0n) is 10.1. The number of benzene rings is 1. The van der Waals surface area contributed by atoms with Gasteiger partial charge >= 0.3 is 5.97 Å². The van der Waals surface area contributed by atoms with Crippen molar-refractivity contribution in [3.05, 3.63) is 57.0 Å². The maximum atomic E-state index is 13.3. The second kappa shape index (κ2) is 6.06. The van der Waals surface area contributed by atoms with Gasteiger partial charge in [0.25, 0.3) is 5.69 Å². The zero-order valence-corrected chi connectivity index (χ0v) is 11.7. The minimum absolute atomic E-state index is 0.0108. The van der Waals surface area contributed by atoms with Crippen LogP contribution in [-0.2, 0) is 0 Å². The van der Waals surface area contributed by atoms with Crippen LogP contribution in [0.4, 0.5) is 10.1 Å². The second-order valence-electron chi connectivity index (χ2n) is 3.78. The van der Waals surface area contributed by atoms with Crippen LogP contribution in [0.2, 0.25) is 5.02 Å².